The molecule has 1 N–H and O–H groups in total. The van der Waals surface area contributed by atoms with Gasteiger partial charge in [0.25, 0.3) is 0 Å². The zero-order chi connectivity index (χ0) is 15.5. The molecule has 1 aromatic carbocycles. The van der Waals surface area contributed by atoms with Gasteiger partial charge in [0.15, 0.2) is 0 Å². The quantitative estimate of drug-likeness (QED) is 0.918. The number of nitrogens with one attached hydrogen (secondary N) is 1. The summed E-state index contributed by atoms with van der Waals surface area (Å²) >= 11 is 6.08. The highest BCUT2D eigenvalue weighted by Crippen LogP contribution is 2.24. The summed E-state index contributed by atoms with van der Waals surface area (Å²) in [6, 6.07) is 10.3. The van der Waals surface area contributed by atoms with Crippen LogP contribution in [0.3, 0.4) is 0 Å². The minimum atomic E-state index is -3.65. The van der Waals surface area contributed by atoms with Crippen molar-refractivity contribution in [1.82, 2.24) is 9.29 Å². The zero-order valence-electron chi connectivity index (χ0n) is 11.7. The molecule has 0 saturated carbocycles. The van der Waals surface area contributed by atoms with Crippen LogP contribution in [0.25, 0.3) is 0 Å². The van der Waals surface area contributed by atoms with Gasteiger partial charge in [-0.1, -0.05) is 29.8 Å². The lowest BCUT2D eigenvalue weighted by Gasteiger charge is -2.19. The van der Waals surface area contributed by atoms with E-state index >= 15 is 0 Å². The molecule has 1 heterocycles. The Balaban J connectivity index is 2.33. The van der Waals surface area contributed by atoms with E-state index in [-0.39, 0.29) is 11.4 Å². The number of pyridine rings is 1. The molecule has 112 valence electrons. The largest absolute Gasteiger partial charge is 0.372 e. The number of hydrogen-bond donors (Lipinski definition) is 1. The summed E-state index contributed by atoms with van der Waals surface area (Å²) in [7, 11) is -0.494. The number of benzene rings is 1. The fourth-order valence-corrected chi connectivity index (χ4v) is 3.40. The second-order valence-corrected chi connectivity index (χ2v) is 6.87. The topological polar surface area (TPSA) is 62.3 Å². The zero-order valence-corrected chi connectivity index (χ0v) is 13.3. The molecule has 0 saturated heterocycles. The Morgan fingerprint density at radius 3 is 2.62 bits per heavy atom. The van der Waals surface area contributed by atoms with Crippen LogP contribution in [0.2, 0.25) is 5.02 Å². The second kappa shape index (κ2) is 6.43. The summed E-state index contributed by atoms with van der Waals surface area (Å²) in [5.74, 6) is 0.323. The van der Waals surface area contributed by atoms with E-state index in [9.17, 15) is 8.42 Å². The third kappa shape index (κ3) is 3.34. The van der Waals surface area contributed by atoms with Crippen LogP contribution in [-0.4, -0.2) is 31.8 Å². The molecule has 0 amide bonds. The summed E-state index contributed by atoms with van der Waals surface area (Å²) < 4.78 is 26.5. The van der Waals surface area contributed by atoms with E-state index in [2.05, 4.69) is 10.3 Å². The number of anilines is 1. The molecule has 0 fully saturated rings. The summed E-state index contributed by atoms with van der Waals surface area (Å²) in [6.45, 7) is 0.194. The minimum Gasteiger partial charge on any atom is -0.372 e. The van der Waals surface area contributed by atoms with E-state index in [0.29, 0.717) is 10.8 Å². The maximum Gasteiger partial charge on any atom is 0.246 e. The van der Waals surface area contributed by atoms with Crippen molar-refractivity contribution in [3.05, 3.63) is 53.2 Å². The van der Waals surface area contributed by atoms with Gasteiger partial charge in [-0.15, -0.1) is 0 Å². The van der Waals surface area contributed by atoms with Crippen LogP contribution >= 0.6 is 11.6 Å². The number of sulfonamides is 1. The first-order valence-corrected chi connectivity index (χ1v) is 8.11. The van der Waals surface area contributed by atoms with Gasteiger partial charge in [0, 0.05) is 31.9 Å². The standard InChI is InChI=1S/C14H16ClN3O2S/c1-16-14-13(8-5-9-17-14)21(19,20)18(2)10-11-6-3-4-7-12(11)15/h3-9H,10H2,1-2H3,(H,16,17). The van der Waals surface area contributed by atoms with Crippen molar-refractivity contribution >= 4 is 27.4 Å². The van der Waals surface area contributed by atoms with Gasteiger partial charge in [-0.25, -0.2) is 13.4 Å². The summed E-state index contributed by atoms with van der Waals surface area (Å²) in [5, 5.41) is 3.33. The lowest BCUT2D eigenvalue weighted by Crippen LogP contribution is -2.27. The van der Waals surface area contributed by atoms with Crippen molar-refractivity contribution in [2.75, 3.05) is 19.4 Å². The Kier molecular flexibility index (Phi) is 4.82. The van der Waals surface area contributed by atoms with E-state index in [1.807, 2.05) is 6.07 Å². The Labute approximate surface area is 129 Å². The smallest absolute Gasteiger partial charge is 0.246 e. The third-order valence-electron chi connectivity index (χ3n) is 3.05. The third-order valence-corrected chi connectivity index (χ3v) is 5.25. The number of hydrogen-bond acceptors (Lipinski definition) is 4. The lowest BCUT2D eigenvalue weighted by molar-refractivity contribution is 0.467. The average Bonchev–Trinajstić information content (AvgIpc) is 2.49. The van der Waals surface area contributed by atoms with Gasteiger partial charge in [-0.2, -0.15) is 4.31 Å². The van der Waals surface area contributed by atoms with E-state index in [4.69, 9.17) is 11.6 Å². The molecule has 0 aliphatic rings. The van der Waals surface area contributed by atoms with Crippen LogP contribution < -0.4 is 5.32 Å². The Morgan fingerprint density at radius 2 is 1.95 bits per heavy atom. The number of halogens is 1. The highest BCUT2D eigenvalue weighted by molar-refractivity contribution is 7.89. The molecule has 0 radical (unpaired) electrons. The van der Waals surface area contributed by atoms with E-state index < -0.39 is 10.0 Å². The molecular weight excluding hydrogens is 310 g/mol. The monoisotopic (exact) mass is 325 g/mol. The van der Waals surface area contributed by atoms with Crippen LogP contribution in [0.4, 0.5) is 5.82 Å². The molecule has 21 heavy (non-hydrogen) atoms. The van der Waals surface area contributed by atoms with Crippen molar-refractivity contribution in [1.29, 1.82) is 0 Å². The van der Waals surface area contributed by atoms with E-state index in [1.54, 1.807) is 37.5 Å². The highest BCUT2D eigenvalue weighted by Gasteiger charge is 2.24. The molecule has 0 atom stereocenters. The van der Waals surface area contributed by atoms with Crippen LogP contribution in [0, 0.1) is 0 Å². The minimum absolute atomic E-state index is 0.141. The SMILES string of the molecule is CNc1ncccc1S(=O)(=O)N(C)Cc1ccccc1Cl. The summed E-state index contributed by atoms with van der Waals surface area (Å²) in [6.07, 6.45) is 1.54. The van der Waals surface area contributed by atoms with E-state index in [1.165, 1.54) is 17.4 Å². The Hall–Kier alpha value is -1.63. The predicted octanol–water partition coefficient (Wildman–Crippen LogP) is 2.60. The Bertz CT molecular complexity index is 735. The van der Waals surface area contributed by atoms with Crippen molar-refractivity contribution in [2.45, 2.75) is 11.4 Å². The predicted molar refractivity (Wildman–Crippen MR) is 83.9 cm³/mol. The van der Waals surface area contributed by atoms with Crippen LogP contribution in [0.1, 0.15) is 5.56 Å². The Morgan fingerprint density at radius 1 is 1.24 bits per heavy atom. The first kappa shape index (κ1) is 15.8. The molecule has 7 heteroatoms. The van der Waals surface area contributed by atoms with Gasteiger partial charge in [0.05, 0.1) is 0 Å². The number of rotatable bonds is 5. The molecule has 0 aliphatic carbocycles. The van der Waals surface area contributed by atoms with Crippen molar-refractivity contribution in [3.8, 4) is 0 Å². The maximum absolute atomic E-state index is 12.6. The molecule has 2 aromatic rings. The highest BCUT2D eigenvalue weighted by atomic mass is 35.5. The van der Waals surface area contributed by atoms with E-state index in [0.717, 1.165) is 5.56 Å². The van der Waals surface area contributed by atoms with Gasteiger partial charge >= 0.3 is 0 Å². The van der Waals surface area contributed by atoms with Gasteiger partial charge in [-0.3, -0.25) is 0 Å². The first-order valence-electron chi connectivity index (χ1n) is 6.29. The lowest BCUT2D eigenvalue weighted by atomic mass is 10.2. The van der Waals surface area contributed by atoms with Crippen LogP contribution in [0.5, 0.6) is 0 Å². The molecule has 0 spiro atoms. The fraction of sp³-hybridized carbons (Fsp3) is 0.214. The fourth-order valence-electron chi connectivity index (χ4n) is 1.91. The van der Waals surface area contributed by atoms with Crippen molar-refractivity contribution in [3.63, 3.8) is 0 Å². The molecule has 0 aliphatic heterocycles. The normalized spacial score (nSPS) is 11.6. The van der Waals surface area contributed by atoms with Crippen molar-refractivity contribution in [2.24, 2.45) is 0 Å². The number of aromatic nitrogens is 1. The number of nitrogens with zero attached hydrogens (tertiary/aromatic N) is 2. The molecule has 1 aromatic heterocycles. The summed E-state index contributed by atoms with van der Waals surface area (Å²) in [4.78, 5) is 4.17. The summed E-state index contributed by atoms with van der Waals surface area (Å²) in [5.41, 5.74) is 0.750. The molecule has 2 rings (SSSR count). The van der Waals surface area contributed by atoms with Gasteiger partial charge < -0.3 is 5.32 Å². The second-order valence-electron chi connectivity index (χ2n) is 4.45. The molecule has 5 nitrogen and oxygen atoms in total. The van der Waals surface area contributed by atoms with Gasteiger partial charge in [0.2, 0.25) is 10.0 Å². The maximum atomic E-state index is 12.6. The molecule has 0 unspecified atom stereocenters. The molecule has 0 bridgehead atoms. The van der Waals surface area contributed by atoms with Crippen LogP contribution in [-0.2, 0) is 16.6 Å². The average molecular weight is 326 g/mol. The van der Waals surface area contributed by atoms with Gasteiger partial charge in [-0.05, 0) is 23.8 Å². The van der Waals surface area contributed by atoms with Crippen LogP contribution in [0.15, 0.2) is 47.5 Å². The molecular formula is C14H16ClN3O2S. The first-order chi connectivity index (χ1) is 9.96. The van der Waals surface area contributed by atoms with Crippen molar-refractivity contribution < 1.29 is 8.42 Å². The van der Waals surface area contributed by atoms with Gasteiger partial charge in [0.1, 0.15) is 10.7 Å².